The molecule has 3 aromatic rings. The van der Waals surface area contributed by atoms with Crippen LogP contribution in [0.4, 0.5) is 5.69 Å². The van der Waals surface area contributed by atoms with E-state index in [4.69, 9.17) is 5.11 Å². The Labute approximate surface area is 154 Å². The van der Waals surface area contributed by atoms with Crippen LogP contribution in [0.3, 0.4) is 0 Å². The average molecular weight is 397 g/mol. The molecule has 0 amide bonds. The van der Waals surface area contributed by atoms with E-state index in [1.165, 1.54) is 0 Å². The van der Waals surface area contributed by atoms with Crippen molar-refractivity contribution in [1.29, 1.82) is 0 Å². The summed E-state index contributed by atoms with van der Waals surface area (Å²) >= 11 is 3.60. The van der Waals surface area contributed by atoms with E-state index in [1.54, 1.807) is 24.3 Å². The van der Waals surface area contributed by atoms with Gasteiger partial charge < -0.3 is 9.67 Å². The van der Waals surface area contributed by atoms with E-state index in [0.29, 0.717) is 0 Å². The molecule has 0 aliphatic rings. The normalized spacial score (nSPS) is 11.2. The molecule has 1 heterocycles. The summed E-state index contributed by atoms with van der Waals surface area (Å²) in [4.78, 5) is 15.4. The number of nitrogens with zero attached hydrogens (tertiary/aromatic N) is 2. The fourth-order valence-corrected chi connectivity index (χ4v) is 3.22. The number of halogens is 1. The van der Waals surface area contributed by atoms with Gasteiger partial charge in [0.15, 0.2) is 0 Å². The van der Waals surface area contributed by atoms with Crippen molar-refractivity contribution in [2.75, 3.05) is 0 Å². The number of aliphatic imine (C=N–C) groups is 1. The Bertz CT molecular complexity index is 956. The van der Waals surface area contributed by atoms with Crippen LogP contribution in [0.1, 0.15) is 27.3 Å². The molecule has 0 radical (unpaired) electrons. The van der Waals surface area contributed by atoms with Crippen LogP contribution in [0.5, 0.6) is 0 Å². The number of aromatic nitrogens is 1. The molecule has 3 rings (SSSR count). The molecule has 4 nitrogen and oxygen atoms in total. The van der Waals surface area contributed by atoms with Gasteiger partial charge in [0, 0.05) is 27.6 Å². The molecule has 1 aromatic heterocycles. The maximum Gasteiger partial charge on any atom is 0.335 e. The minimum Gasteiger partial charge on any atom is -0.478 e. The van der Waals surface area contributed by atoms with Crippen LogP contribution in [0, 0.1) is 13.8 Å². The molecule has 0 saturated heterocycles. The second kappa shape index (κ2) is 7.07. The molecule has 0 atom stereocenters. The molecule has 0 fully saturated rings. The molecule has 0 bridgehead atoms. The molecule has 0 saturated carbocycles. The van der Waals surface area contributed by atoms with Gasteiger partial charge in [-0.15, -0.1) is 0 Å². The summed E-state index contributed by atoms with van der Waals surface area (Å²) in [6.07, 6.45) is 1.81. The number of hydrogen-bond acceptors (Lipinski definition) is 2. The van der Waals surface area contributed by atoms with Gasteiger partial charge in [0.25, 0.3) is 0 Å². The molecular formula is C20H17BrN2O2. The Morgan fingerprint density at radius 1 is 1.12 bits per heavy atom. The summed E-state index contributed by atoms with van der Waals surface area (Å²) in [5, 5.41) is 8.94. The highest BCUT2D eigenvalue weighted by atomic mass is 79.9. The van der Waals surface area contributed by atoms with Crippen molar-refractivity contribution in [3.8, 4) is 5.69 Å². The molecule has 25 heavy (non-hydrogen) atoms. The lowest BCUT2D eigenvalue weighted by atomic mass is 10.2. The third-order valence-corrected chi connectivity index (χ3v) is 4.70. The zero-order chi connectivity index (χ0) is 18.0. The first-order valence-corrected chi connectivity index (χ1v) is 8.58. The minimum atomic E-state index is -0.937. The zero-order valence-corrected chi connectivity index (χ0v) is 15.5. The number of para-hydroxylation sites is 1. The maximum absolute atomic E-state index is 10.9. The maximum atomic E-state index is 10.9. The summed E-state index contributed by atoms with van der Waals surface area (Å²) in [5.74, 6) is -0.937. The number of carboxylic acid groups (broad SMARTS) is 1. The monoisotopic (exact) mass is 396 g/mol. The Kier molecular flexibility index (Phi) is 4.86. The summed E-state index contributed by atoms with van der Waals surface area (Å²) < 4.78 is 3.21. The second-order valence-corrected chi connectivity index (χ2v) is 6.58. The zero-order valence-electron chi connectivity index (χ0n) is 13.9. The first-order chi connectivity index (χ1) is 12.0. The SMILES string of the molecule is Cc1cc(C=Nc2ccc(C(=O)O)cc2)c(C)n1-c1ccccc1Br. The van der Waals surface area contributed by atoms with Gasteiger partial charge in [-0.2, -0.15) is 0 Å². The fourth-order valence-electron chi connectivity index (χ4n) is 2.76. The fraction of sp³-hybridized carbons (Fsp3) is 0.100. The van der Waals surface area contributed by atoms with E-state index in [2.05, 4.69) is 51.5 Å². The topological polar surface area (TPSA) is 54.6 Å². The van der Waals surface area contributed by atoms with Crippen LogP contribution < -0.4 is 0 Å². The van der Waals surface area contributed by atoms with E-state index in [1.807, 2.05) is 24.4 Å². The van der Waals surface area contributed by atoms with E-state index in [9.17, 15) is 4.79 Å². The number of aryl methyl sites for hydroxylation is 1. The number of hydrogen-bond donors (Lipinski definition) is 1. The second-order valence-electron chi connectivity index (χ2n) is 5.72. The van der Waals surface area contributed by atoms with Crippen LogP contribution in [-0.2, 0) is 0 Å². The standard InChI is InChI=1S/C20H17BrN2O2/c1-13-11-16(12-22-17-9-7-15(8-10-17)20(24)25)14(2)23(13)19-6-4-3-5-18(19)21/h3-12H,1-2H3,(H,24,25). The molecule has 126 valence electrons. The Morgan fingerprint density at radius 3 is 2.44 bits per heavy atom. The van der Waals surface area contributed by atoms with Gasteiger partial charge in [0.2, 0.25) is 0 Å². The van der Waals surface area contributed by atoms with Crippen molar-refractivity contribution in [2.45, 2.75) is 13.8 Å². The molecule has 5 heteroatoms. The lowest BCUT2D eigenvalue weighted by molar-refractivity contribution is 0.0697. The van der Waals surface area contributed by atoms with Gasteiger partial charge in [-0.25, -0.2) is 4.79 Å². The molecule has 0 aliphatic heterocycles. The highest BCUT2D eigenvalue weighted by molar-refractivity contribution is 9.10. The van der Waals surface area contributed by atoms with Crippen molar-refractivity contribution in [3.63, 3.8) is 0 Å². The Hall–Kier alpha value is -2.66. The van der Waals surface area contributed by atoms with Crippen molar-refractivity contribution in [3.05, 3.63) is 81.6 Å². The van der Waals surface area contributed by atoms with Crippen molar-refractivity contribution >= 4 is 33.8 Å². The number of aromatic carboxylic acids is 1. The van der Waals surface area contributed by atoms with Crippen LogP contribution in [0.15, 0.2) is 64.1 Å². The van der Waals surface area contributed by atoms with Crippen molar-refractivity contribution in [2.24, 2.45) is 4.99 Å². The number of rotatable bonds is 4. The molecule has 1 N–H and O–H groups in total. The van der Waals surface area contributed by atoms with E-state index < -0.39 is 5.97 Å². The molecule has 2 aromatic carbocycles. The number of carboxylic acids is 1. The third-order valence-electron chi connectivity index (χ3n) is 4.03. The Balaban J connectivity index is 1.93. The van der Waals surface area contributed by atoms with Gasteiger partial charge >= 0.3 is 5.97 Å². The van der Waals surface area contributed by atoms with Gasteiger partial charge in [-0.05, 0) is 72.2 Å². The van der Waals surface area contributed by atoms with Crippen LogP contribution in [0.2, 0.25) is 0 Å². The van der Waals surface area contributed by atoms with Gasteiger partial charge in [-0.3, -0.25) is 4.99 Å². The first kappa shape index (κ1) is 17.2. The summed E-state index contributed by atoms with van der Waals surface area (Å²) in [7, 11) is 0. The van der Waals surface area contributed by atoms with Gasteiger partial charge in [0.05, 0.1) is 16.9 Å². The van der Waals surface area contributed by atoms with Gasteiger partial charge in [0.1, 0.15) is 0 Å². The lowest BCUT2D eigenvalue weighted by Crippen LogP contribution is -2.00. The van der Waals surface area contributed by atoms with Crippen LogP contribution in [-0.4, -0.2) is 21.9 Å². The predicted molar refractivity (Wildman–Crippen MR) is 104 cm³/mol. The van der Waals surface area contributed by atoms with E-state index in [0.717, 1.165) is 32.8 Å². The highest BCUT2D eigenvalue weighted by Crippen LogP contribution is 2.26. The smallest absolute Gasteiger partial charge is 0.335 e. The summed E-state index contributed by atoms with van der Waals surface area (Å²) in [6.45, 7) is 4.12. The average Bonchev–Trinajstić information content (AvgIpc) is 2.88. The highest BCUT2D eigenvalue weighted by Gasteiger charge is 2.11. The molecule has 0 unspecified atom stereocenters. The van der Waals surface area contributed by atoms with Crippen molar-refractivity contribution in [1.82, 2.24) is 4.57 Å². The van der Waals surface area contributed by atoms with E-state index >= 15 is 0 Å². The summed E-state index contributed by atoms with van der Waals surface area (Å²) in [5.41, 5.74) is 5.29. The first-order valence-electron chi connectivity index (χ1n) is 7.78. The minimum absolute atomic E-state index is 0.256. The van der Waals surface area contributed by atoms with Gasteiger partial charge in [-0.1, -0.05) is 12.1 Å². The van der Waals surface area contributed by atoms with Crippen LogP contribution in [0.25, 0.3) is 5.69 Å². The lowest BCUT2D eigenvalue weighted by Gasteiger charge is -2.11. The number of carbonyl (C=O) groups is 1. The Morgan fingerprint density at radius 2 is 1.80 bits per heavy atom. The number of benzene rings is 2. The largest absolute Gasteiger partial charge is 0.478 e. The molecule has 0 spiro atoms. The summed E-state index contributed by atoms with van der Waals surface area (Å²) in [6, 6.07) is 16.7. The quantitative estimate of drug-likeness (QED) is 0.607. The predicted octanol–water partition coefficient (Wildman–Crippen LogP) is 5.31. The third kappa shape index (κ3) is 3.56. The van der Waals surface area contributed by atoms with Crippen LogP contribution >= 0.6 is 15.9 Å². The molecule has 0 aliphatic carbocycles. The van der Waals surface area contributed by atoms with Crippen molar-refractivity contribution < 1.29 is 9.90 Å². The van der Waals surface area contributed by atoms with E-state index in [-0.39, 0.29) is 5.56 Å². The molecular weight excluding hydrogens is 380 g/mol.